The lowest BCUT2D eigenvalue weighted by molar-refractivity contribution is 0.0355. The molecule has 26 heavy (non-hydrogen) atoms. The molecule has 5 rings (SSSR count). The molecule has 142 valence electrons. The third kappa shape index (κ3) is 3.34. The SMILES string of the molecule is CN(C)C1CC2CC(OCC3C4CN(Cc5ccccc5)CC34)CC2C1. The van der Waals surface area contributed by atoms with Crippen LogP contribution in [0.4, 0.5) is 0 Å². The van der Waals surface area contributed by atoms with Crippen molar-refractivity contribution >= 4 is 0 Å². The van der Waals surface area contributed by atoms with Crippen molar-refractivity contribution in [1.29, 1.82) is 0 Å². The number of hydrogen-bond donors (Lipinski definition) is 0. The van der Waals surface area contributed by atoms with Crippen molar-refractivity contribution in [2.24, 2.45) is 29.6 Å². The largest absolute Gasteiger partial charge is 0.378 e. The van der Waals surface area contributed by atoms with Gasteiger partial charge in [-0.3, -0.25) is 4.90 Å². The van der Waals surface area contributed by atoms with Crippen molar-refractivity contribution in [2.75, 3.05) is 33.8 Å². The van der Waals surface area contributed by atoms with Gasteiger partial charge in [-0.1, -0.05) is 30.3 Å². The van der Waals surface area contributed by atoms with E-state index in [0.29, 0.717) is 6.10 Å². The predicted octanol–water partition coefficient (Wildman–Crippen LogP) is 3.50. The molecule has 0 radical (unpaired) electrons. The van der Waals surface area contributed by atoms with Crippen molar-refractivity contribution in [3.8, 4) is 0 Å². The van der Waals surface area contributed by atoms with Crippen molar-refractivity contribution in [3.63, 3.8) is 0 Å². The Hall–Kier alpha value is -0.900. The Bertz CT molecular complexity index is 592. The Morgan fingerprint density at radius 2 is 1.62 bits per heavy atom. The molecule has 3 saturated carbocycles. The Morgan fingerprint density at radius 1 is 0.962 bits per heavy atom. The summed E-state index contributed by atoms with van der Waals surface area (Å²) >= 11 is 0. The molecule has 0 N–H and O–H groups in total. The normalized spacial score (nSPS) is 41.6. The maximum absolute atomic E-state index is 6.42. The summed E-state index contributed by atoms with van der Waals surface area (Å²) in [5.41, 5.74) is 1.45. The van der Waals surface area contributed by atoms with E-state index >= 15 is 0 Å². The van der Waals surface area contributed by atoms with Crippen LogP contribution in [0.15, 0.2) is 30.3 Å². The quantitative estimate of drug-likeness (QED) is 0.778. The van der Waals surface area contributed by atoms with Gasteiger partial charge in [0.15, 0.2) is 0 Å². The molecule has 4 aliphatic rings. The lowest BCUT2D eigenvalue weighted by atomic mass is 10.0. The molecule has 0 amide bonds. The first-order valence-electron chi connectivity index (χ1n) is 10.7. The molecule has 0 bridgehead atoms. The predicted molar refractivity (Wildman–Crippen MR) is 105 cm³/mol. The van der Waals surface area contributed by atoms with E-state index in [4.69, 9.17) is 4.74 Å². The number of rotatable bonds is 6. The number of fused-ring (bicyclic) bond motifs is 2. The minimum atomic E-state index is 0.565. The molecule has 0 spiro atoms. The molecule has 3 aliphatic carbocycles. The Balaban J connectivity index is 1.03. The van der Waals surface area contributed by atoms with Crippen LogP contribution in [0.2, 0.25) is 0 Å². The van der Waals surface area contributed by atoms with Crippen LogP contribution in [0.1, 0.15) is 31.2 Å². The van der Waals surface area contributed by atoms with Crippen LogP contribution in [0, 0.1) is 29.6 Å². The zero-order valence-corrected chi connectivity index (χ0v) is 16.4. The molecule has 4 fully saturated rings. The first-order valence-corrected chi connectivity index (χ1v) is 10.7. The highest BCUT2D eigenvalue weighted by Gasteiger charge is 2.55. The summed E-state index contributed by atoms with van der Waals surface area (Å²) in [5, 5.41) is 0. The molecule has 3 nitrogen and oxygen atoms in total. The third-order valence-electron chi connectivity index (χ3n) is 7.90. The van der Waals surface area contributed by atoms with Gasteiger partial charge in [0.2, 0.25) is 0 Å². The monoisotopic (exact) mass is 354 g/mol. The lowest BCUT2D eigenvalue weighted by Crippen LogP contribution is -2.27. The van der Waals surface area contributed by atoms with E-state index in [1.54, 1.807) is 0 Å². The summed E-state index contributed by atoms with van der Waals surface area (Å²) in [6.45, 7) is 4.73. The number of piperidine rings is 1. The Labute approximate surface area is 158 Å². The first kappa shape index (κ1) is 17.2. The van der Waals surface area contributed by atoms with Gasteiger partial charge in [0.1, 0.15) is 0 Å². The van der Waals surface area contributed by atoms with Crippen LogP contribution < -0.4 is 0 Å². The average Bonchev–Trinajstić information content (AvgIpc) is 3.02. The lowest BCUT2D eigenvalue weighted by Gasteiger charge is -2.22. The second-order valence-corrected chi connectivity index (χ2v) is 9.71. The number of nitrogens with zero attached hydrogens (tertiary/aromatic N) is 2. The van der Waals surface area contributed by atoms with Gasteiger partial charge in [0, 0.05) is 25.7 Å². The zero-order chi connectivity index (χ0) is 17.7. The molecule has 1 aromatic carbocycles. The zero-order valence-electron chi connectivity index (χ0n) is 16.4. The van der Waals surface area contributed by atoms with Crippen LogP contribution in [0.25, 0.3) is 0 Å². The fourth-order valence-electron chi connectivity index (χ4n) is 6.29. The molecule has 1 heterocycles. The highest BCUT2D eigenvalue weighted by atomic mass is 16.5. The number of hydrogen-bond acceptors (Lipinski definition) is 3. The summed E-state index contributed by atoms with van der Waals surface area (Å²) in [6, 6.07) is 11.7. The van der Waals surface area contributed by atoms with E-state index in [-0.39, 0.29) is 0 Å². The average molecular weight is 355 g/mol. The first-order chi connectivity index (χ1) is 12.7. The van der Waals surface area contributed by atoms with E-state index in [2.05, 4.69) is 54.2 Å². The summed E-state index contributed by atoms with van der Waals surface area (Å²) in [4.78, 5) is 5.07. The standard InChI is InChI=1S/C23H34N2O/c1-24(2)19-8-17-10-20(11-18(17)9-19)26-15-23-21-13-25(14-22(21)23)12-16-6-4-3-5-7-16/h3-7,17-23H,8-15H2,1-2H3. The second kappa shape index (κ2) is 6.92. The van der Waals surface area contributed by atoms with Gasteiger partial charge >= 0.3 is 0 Å². The van der Waals surface area contributed by atoms with Crippen LogP contribution in [0.3, 0.4) is 0 Å². The van der Waals surface area contributed by atoms with Gasteiger partial charge < -0.3 is 9.64 Å². The summed E-state index contributed by atoms with van der Waals surface area (Å²) < 4.78 is 6.42. The van der Waals surface area contributed by atoms with Gasteiger partial charge in [-0.05, 0) is 74.9 Å². The fourth-order valence-corrected chi connectivity index (χ4v) is 6.29. The van der Waals surface area contributed by atoms with E-state index in [1.807, 2.05) is 0 Å². The smallest absolute Gasteiger partial charge is 0.0580 e. The summed E-state index contributed by atoms with van der Waals surface area (Å²) in [5.74, 6) is 4.56. The van der Waals surface area contributed by atoms with Crippen LogP contribution >= 0.6 is 0 Å². The van der Waals surface area contributed by atoms with Crippen molar-refractivity contribution in [2.45, 2.75) is 44.4 Å². The van der Waals surface area contributed by atoms with Gasteiger partial charge in [0.25, 0.3) is 0 Å². The minimum absolute atomic E-state index is 0.565. The molecule has 1 aromatic rings. The van der Waals surface area contributed by atoms with Crippen LogP contribution in [0.5, 0.6) is 0 Å². The van der Waals surface area contributed by atoms with Gasteiger partial charge in [-0.15, -0.1) is 0 Å². The summed E-state index contributed by atoms with van der Waals surface area (Å²) in [7, 11) is 4.49. The number of likely N-dealkylation sites (tertiary alicyclic amines) is 1. The molecular formula is C23H34N2O. The number of benzene rings is 1. The van der Waals surface area contributed by atoms with Gasteiger partial charge in [0.05, 0.1) is 12.7 Å². The molecule has 3 heteroatoms. The Kier molecular flexibility index (Phi) is 4.58. The Morgan fingerprint density at radius 3 is 2.23 bits per heavy atom. The van der Waals surface area contributed by atoms with E-state index < -0.39 is 0 Å². The molecule has 4 unspecified atom stereocenters. The number of ether oxygens (including phenoxy) is 1. The van der Waals surface area contributed by atoms with Crippen molar-refractivity contribution in [1.82, 2.24) is 9.80 Å². The summed E-state index contributed by atoms with van der Waals surface area (Å²) in [6.07, 6.45) is 6.03. The topological polar surface area (TPSA) is 15.7 Å². The molecular weight excluding hydrogens is 320 g/mol. The van der Waals surface area contributed by atoms with Gasteiger partial charge in [-0.25, -0.2) is 0 Å². The molecule has 1 saturated heterocycles. The second-order valence-electron chi connectivity index (χ2n) is 9.71. The fraction of sp³-hybridized carbons (Fsp3) is 0.739. The van der Waals surface area contributed by atoms with Gasteiger partial charge in [-0.2, -0.15) is 0 Å². The highest BCUT2D eigenvalue weighted by Crippen LogP contribution is 2.53. The maximum atomic E-state index is 6.42. The molecule has 1 aliphatic heterocycles. The maximum Gasteiger partial charge on any atom is 0.0580 e. The third-order valence-corrected chi connectivity index (χ3v) is 7.90. The van der Waals surface area contributed by atoms with E-state index in [1.165, 1.54) is 44.3 Å². The molecule has 4 atom stereocenters. The highest BCUT2D eigenvalue weighted by molar-refractivity contribution is 5.16. The van der Waals surface area contributed by atoms with Crippen molar-refractivity contribution in [3.05, 3.63) is 35.9 Å². The minimum Gasteiger partial charge on any atom is -0.378 e. The molecule has 0 aromatic heterocycles. The van der Waals surface area contributed by atoms with Crippen LogP contribution in [-0.4, -0.2) is 55.7 Å². The van der Waals surface area contributed by atoms with Crippen molar-refractivity contribution < 1.29 is 4.74 Å². The van der Waals surface area contributed by atoms with E-state index in [0.717, 1.165) is 48.8 Å². The van der Waals surface area contributed by atoms with Crippen LogP contribution in [-0.2, 0) is 11.3 Å². The van der Waals surface area contributed by atoms with E-state index in [9.17, 15) is 0 Å².